The standard InChI is InChI=1S/C12H10O2/c1-3-4-5-11-6-8-12(9-7-11)14-10(2)13/h3,6-9H,1H2,2H3. The predicted molar refractivity (Wildman–Crippen MR) is 54.8 cm³/mol. The van der Waals surface area contributed by atoms with Gasteiger partial charge < -0.3 is 4.74 Å². The molecule has 0 heterocycles. The molecular weight excluding hydrogens is 176 g/mol. The molecule has 14 heavy (non-hydrogen) atoms. The minimum absolute atomic E-state index is 0.324. The van der Waals surface area contributed by atoms with E-state index in [4.69, 9.17) is 4.74 Å². The molecule has 0 atom stereocenters. The van der Waals surface area contributed by atoms with Gasteiger partial charge in [-0.1, -0.05) is 18.4 Å². The SMILES string of the molecule is C=CC#Cc1ccc(OC(C)=O)cc1. The maximum atomic E-state index is 10.6. The molecule has 0 saturated carbocycles. The fourth-order valence-corrected chi connectivity index (χ4v) is 0.907. The highest BCUT2D eigenvalue weighted by molar-refractivity contribution is 5.69. The lowest BCUT2D eigenvalue weighted by molar-refractivity contribution is -0.131. The van der Waals surface area contributed by atoms with Crippen molar-refractivity contribution < 1.29 is 9.53 Å². The van der Waals surface area contributed by atoms with Gasteiger partial charge in [-0.15, -0.1) is 0 Å². The number of rotatable bonds is 1. The Morgan fingerprint density at radius 3 is 2.57 bits per heavy atom. The van der Waals surface area contributed by atoms with E-state index in [2.05, 4.69) is 18.4 Å². The number of ether oxygens (including phenoxy) is 1. The van der Waals surface area contributed by atoms with Gasteiger partial charge in [0.2, 0.25) is 0 Å². The quantitative estimate of drug-likeness (QED) is 0.381. The van der Waals surface area contributed by atoms with E-state index >= 15 is 0 Å². The Morgan fingerprint density at radius 1 is 1.43 bits per heavy atom. The van der Waals surface area contributed by atoms with E-state index in [1.54, 1.807) is 24.3 Å². The summed E-state index contributed by atoms with van der Waals surface area (Å²) in [6.07, 6.45) is 1.53. The molecule has 70 valence electrons. The maximum absolute atomic E-state index is 10.6. The van der Waals surface area contributed by atoms with Crippen molar-refractivity contribution in [2.45, 2.75) is 6.92 Å². The van der Waals surface area contributed by atoms with E-state index in [-0.39, 0.29) is 5.97 Å². The monoisotopic (exact) mass is 186 g/mol. The van der Waals surface area contributed by atoms with Crippen LogP contribution in [0.3, 0.4) is 0 Å². The second-order valence-electron chi connectivity index (χ2n) is 2.59. The molecule has 0 aliphatic rings. The van der Waals surface area contributed by atoms with Crippen LogP contribution in [0.15, 0.2) is 36.9 Å². The summed E-state index contributed by atoms with van der Waals surface area (Å²) in [7, 11) is 0. The van der Waals surface area contributed by atoms with E-state index < -0.39 is 0 Å². The molecule has 1 aromatic rings. The molecule has 1 aromatic carbocycles. The molecule has 0 saturated heterocycles. The van der Waals surface area contributed by atoms with E-state index in [0.717, 1.165) is 5.56 Å². The molecule has 0 spiro atoms. The van der Waals surface area contributed by atoms with Gasteiger partial charge in [0.25, 0.3) is 0 Å². The van der Waals surface area contributed by atoms with Crippen molar-refractivity contribution in [1.29, 1.82) is 0 Å². The molecule has 0 N–H and O–H groups in total. The topological polar surface area (TPSA) is 26.3 Å². The predicted octanol–water partition coefficient (Wildman–Crippen LogP) is 2.15. The first kappa shape index (κ1) is 10.1. The third kappa shape index (κ3) is 3.16. The van der Waals surface area contributed by atoms with Crippen LogP contribution in [0.1, 0.15) is 12.5 Å². The zero-order valence-electron chi connectivity index (χ0n) is 7.91. The average molecular weight is 186 g/mol. The molecule has 0 aromatic heterocycles. The van der Waals surface area contributed by atoms with Crippen LogP contribution in [0.4, 0.5) is 0 Å². The number of carbonyl (C=O) groups is 1. The van der Waals surface area contributed by atoms with Gasteiger partial charge >= 0.3 is 5.97 Å². The minimum atomic E-state index is -0.324. The van der Waals surface area contributed by atoms with Crippen LogP contribution in [0.25, 0.3) is 0 Å². The van der Waals surface area contributed by atoms with Crippen LogP contribution in [0, 0.1) is 11.8 Å². The van der Waals surface area contributed by atoms with E-state index in [9.17, 15) is 4.79 Å². The lowest BCUT2D eigenvalue weighted by Gasteiger charge is -1.99. The highest BCUT2D eigenvalue weighted by atomic mass is 16.5. The van der Waals surface area contributed by atoms with E-state index in [1.807, 2.05) is 0 Å². The van der Waals surface area contributed by atoms with Crippen molar-refractivity contribution in [1.82, 2.24) is 0 Å². The molecule has 1 rings (SSSR count). The molecule has 0 radical (unpaired) electrons. The van der Waals surface area contributed by atoms with Crippen molar-refractivity contribution in [3.8, 4) is 17.6 Å². The van der Waals surface area contributed by atoms with Gasteiger partial charge in [0.05, 0.1) is 0 Å². The van der Waals surface area contributed by atoms with Gasteiger partial charge in [-0.05, 0) is 30.3 Å². The first-order valence-electron chi connectivity index (χ1n) is 4.13. The first-order valence-corrected chi connectivity index (χ1v) is 4.13. The lowest BCUT2D eigenvalue weighted by Crippen LogP contribution is -2.00. The van der Waals surface area contributed by atoms with Crippen molar-refractivity contribution in [3.63, 3.8) is 0 Å². The van der Waals surface area contributed by atoms with Crippen LogP contribution >= 0.6 is 0 Å². The Labute approximate surface area is 83.2 Å². The van der Waals surface area contributed by atoms with E-state index in [1.165, 1.54) is 13.0 Å². The second kappa shape index (κ2) is 4.88. The summed E-state index contributed by atoms with van der Waals surface area (Å²) in [6.45, 7) is 4.86. The molecule has 0 unspecified atom stereocenters. The Kier molecular flexibility index (Phi) is 3.51. The number of hydrogen-bond donors (Lipinski definition) is 0. The van der Waals surface area contributed by atoms with Gasteiger partial charge in [0, 0.05) is 12.5 Å². The Morgan fingerprint density at radius 2 is 2.07 bits per heavy atom. The summed E-state index contributed by atoms with van der Waals surface area (Å²) in [5.41, 5.74) is 0.862. The highest BCUT2D eigenvalue weighted by Crippen LogP contribution is 2.11. The molecule has 0 bridgehead atoms. The van der Waals surface area contributed by atoms with Gasteiger partial charge in [0.1, 0.15) is 5.75 Å². The fourth-order valence-electron chi connectivity index (χ4n) is 0.907. The zero-order chi connectivity index (χ0) is 10.4. The lowest BCUT2D eigenvalue weighted by atomic mass is 10.2. The Hall–Kier alpha value is -2.01. The Bertz CT molecular complexity index is 391. The molecule has 2 nitrogen and oxygen atoms in total. The summed E-state index contributed by atoms with van der Waals surface area (Å²) in [4.78, 5) is 10.6. The van der Waals surface area contributed by atoms with Crippen LogP contribution in [0.2, 0.25) is 0 Å². The van der Waals surface area contributed by atoms with Crippen LogP contribution < -0.4 is 4.74 Å². The summed E-state index contributed by atoms with van der Waals surface area (Å²) >= 11 is 0. The first-order chi connectivity index (χ1) is 6.72. The summed E-state index contributed by atoms with van der Waals surface area (Å²) in [5, 5.41) is 0. The molecule has 0 aliphatic heterocycles. The summed E-state index contributed by atoms with van der Waals surface area (Å²) in [5.74, 6) is 5.80. The number of carbonyl (C=O) groups excluding carboxylic acids is 1. The third-order valence-corrected chi connectivity index (χ3v) is 1.43. The van der Waals surface area contributed by atoms with Gasteiger partial charge in [-0.3, -0.25) is 4.79 Å². The maximum Gasteiger partial charge on any atom is 0.308 e. The van der Waals surface area contributed by atoms with Crippen molar-refractivity contribution in [2.24, 2.45) is 0 Å². The fraction of sp³-hybridized carbons (Fsp3) is 0.0833. The molecular formula is C12H10O2. The highest BCUT2D eigenvalue weighted by Gasteiger charge is 1.96. The molecule has 0 amide bonds. The van der Waals surface area contributed by atoms with Crippen molar-refractivity contribution in [2.75, 3.05) is 0 Å². The number of esters is 1. The van der Waals surface area contributed by atoms with Crippen LogP contribution in [-0.2, 0) is 4.79 Å². The van der Waals surface area contributed by atoms with Crippen molar-refractivity contribution in [3.05, 3.63) is 42.5 Å². The van der Waals surface area contributed by atoms with Crippen LogP contribution in [0.5, 0.6) is 5.75 Å². The normalized spacial score (nSPS) is 8.36. The largest absolute Gasteiger partial charge is 0.427 e. The average Bonchev–Trinajstić information content (AvgIpc) is 2.16. The second-order valence-corrected chi connectivity index (χ2v) is 2.59. The molecule has 0 aliphatic carbocycles. The van der Waals surface area contributed by atoms with Gasteiger partial charge in [-0.25, -0.2) is 0 Å². The van der Waals surface area contributed by atoms with Gasteiger partial charge in [-0.2, -0.15) is 0 Å². The minimum Gasteiger partial charge on any atom is -0.427 e. The zero-order valence-corrected chi connectivity index (χ0v) is 7.91. The van der Waals surface area contributed by atoms with Crippen LogP contribution in [-0.4, -0.2) is 5.97 Å². The number of allylic oxidation sites excluding steroid dienone is 1. The number of benzene rings is 1. The molecule has 0 fully saturated rings. The third-order valence-electron chi connectivity index (χ3n) is 1.43. The summed E-state index contributed by atoms with van der Waals surface area (Å²) in [6, 6.07) is 6.98. The smallest absolute Gasteiger partial charge is 0.308 e. The summed E-state index contributed by atoms with van der Waals surface area (Å²) < 4.78 is 4.87. The van der Waals surface area contributed by atoms with E-state index in [0.29, 0.717) is 5.75 Å². The van der Waals surface area contributed by atoms with Crippen molar-refractivity contribution >= 4 is 5.97 Å². The number of hydrogen-bond acceptors (Lipinski definition) is 2. The Balaban J connectivity index is 2.78. The molecule has 2 heteroatoms. The van der Waals surface area contributed by atoms with Gasteiger partial charge in [0.15, 0.2) is 0 Å².